The number of amides is 2. The molecule has 0 aromatic heterocycles. The van der Waals surface area contributed by atoms with E-state index in [0.29, 0.717) is 13.0 Å². The molecule has 1 aromatic rings. The molecule has 1 aliphatic heterocycles. The van der Waals surface area contributed by atoms with Crippen LogP contribution < -0.4 is 0 Å². The largest absolute Gasteiger partial charge is 0.465 e. The van der Waals surface area contributed by atoms with Crippen molar-refractivity contribution < 1.29 is 14.7 Å². The quantitative estimate of drug-likeness (QED) is 0.862. The van der Waals surface area contributed by atoms with Crippen molar-refractivity contribution in [3.05, 3.63) is 35.9 Å². The Morgan fingerprint density at radius 1 is 1.15 bits per heavy atom. The summed E-state index contributed by atoms with van der Waals surface area (Å²) in [7, 11) is 0. The summed E-state index contributed by atoms with van der Waals surface area (Å²) in [6, 6.07) is 9.51. The van der Waals surface area contributed by atoms with Gasteiger partial charge >= 0.3 is 6.09 Å². The summed E-state index contributed by atoms with van der Waals surface area (Å²) in [6.07, 6.45) is -0.307. The van der Waals surface area contributed by atoms with E-state index in [-0.39, 0.29) is 23.3 Å². The van der Waals surface area contributed by atoms with Crippen molar-refractivity contribution in [3.8, 4) is 0 Å². The van der Waals surface area contributed by atoms with Crippen LogP contribution in [0.5, 0.6) is 0 Å². The molecule has 1 saturated carbocycles. The van der Waals surface area contributed by atoms with Crippen LogP contribution in [-0.4, -0.2) is 70.6 Å². The number of nitrogens with zero attached hydrogens (tertiary/aromatic N) is 3. The zero-order valence-electron chi connectivity index (χ0n) is 16.6. The topological polar surface area (TPSA) is 64.1 Å². The molecule has 0 radical (unpaired) electrons. The van der Waals surface area contributed by atoms with Crippen LogP contribution in [0, 0.1) is 11.3 Å². The number of rotatable bonds is 5. The summed E-state index contributed by atoms with van der Waals surface area (Å²) in [5.74, 6) is 0.0883. The maximum absolute atomic E-state index is 13.0. The van der Waals surface area contributed by atoms with Gasteiger partial charge in [0.25, 0.3) is 0 Å². The van der Waals surface area contributed by atoms with E-state index in [9.17, 15) is 14.7 Å². The lowest BCUT2D eigenvalue weighted by molar-refractivity contribution is -0.155. The first-order chi connectivity index (χ1) is 12.8. The number of benzene rings is 1. The minimum absolute atomic E-state index is 0.103. The minimum Gasteiger partial charge on any atom is -0.465 e. The van der Waals surface area contributed by atoms with Gasteiger partial charge in [-0.25, -0.2) is 4.79 Å². The first kappa shape index (κ1) is 19.7. The summed E-state index contributed by atoms with van der Waals surface area (Å²) in [5, 5.41) is 9.76. The van der Waals surface area contributed by atoms with Crippen molar-refractivity contribution >= 4 is 12.0 Å². The van der Waals surface area contributed by atoms with Crippen LogP contribution in [0.25, 0.3) is 0 Å². The fraction of sp³-hybridized carbons (Fsp3) is 0.619. The van der Waals surface area contributed by atoms with Gasteiger partial charge in [-0.1, -0.05) is 51.1 Å². The predicted molar refractivity (Wildman–Crippen MR) is 104 cm³/mol. The highest BCUT2D eigenvalue weighted by Crippen LogP contribution is 2.50. The third-order valence-electron chi connectivity index (χ3n) is 6.46. The van der Waals surface area contributed by atoms with E-state index in [0.717, 1.165) is 38.3 Å². The van der Waals surface area contributed by atoms with Gasteiger partial charge in [0.15, 0.2) is 0 Å². The molecular formula is C21H31N3O3. The second-order valence-electron chi connectivity index (χ2n) is 8.28. The fourth-order valence-electron chi connectivity index (χ4n) is 4.45. The molecule has 2 aliphatic rings. The molecule has 6 nitrogen and oxygen atoms in total. The number of carbonyl (C=O) groups excluding carboxylic acids is 1. The Hall–Kier alpha value is -2.08. The van der Waals surface area contributed by atoms with Crippen molar-refractivity contribution in [2.45, 2.75) is 39.8 Å². The van der Waals surface area contributed by atoms with E-state index in [1.807, 2.05) is 49.1 Å². The first-order valence-corrected chi connectivity index (χ1v) is 9.89. The lowest BCUT2D eigenvalue weighted by atomic mass is 9.57. The number of hydrogen-bond acceptors (Lipinski definition) is 3. The van der Waals surface area contributed by atoms with Crippen LogP contribution in [0.15, 0.2) is 30.3 Å². The van der Waals surface area contributed by atoms with Crippen molar-refractivity contribution in [3.63, 3.8) is 0 Å². The molecule has 1 aromatic carbocycles. The minimum atomic E-state index is -0.917. The van der Waals surface area contributed by atoms with Crippen LogP contribution in [0.4, 0.5) is 4.79 Å². The van der Waals surface area contributed by atoms with E-state index in [2.05, 4.69) is 11.8 Å². The van der Waals surface area contributed by atoms with Gasteiger partial charge in [0.05, 0.1) is 0 Å². The van der Waals surface area contributed by atoms with Gasteiger partial charge in [-0.15, -0.1) is 0 Å². The van der Waals surface area contributed by atoms with Crippen molar-refractivity contribution in [1.82, 2.24) is 14.7 Å². The Kier molecular flexibility index (Phi) is 5.75. The first-order valence-electron chi connectivity index (χ1n) is 9.89. The Balaban J connectivity index is 1.65. The summed E-state index contributed by atoms with van der Waals surface area (Å²) in [4.78, 5) is 30.8. The van der Waals surface area contributed by atoms with Crippen LogP contribution in [0.3, 0.4) is 0 Å². The maximum atomic E-state index is 13.0. The molecule has 1 aliphatic carbocycles. The van der Waals surface area contributed by atoms with Gasteiger partial charge in [-0.3, -0.25) is 4.79 Å². The Bertz CT molecular complexity index is 669. The molecule has 0 bridgehead atoms. The molecule has 2 fully saturated rings. The van der Waals surface area contributed by atoms with Crippen LogP contribution in [-0.2, 0) is 11.3 Å². The lowest BCUT2D eigenvalue weighted by Gasteiger charge is -2.55. The van der Waals surface area contributed by atoms with Gasteiger partial charge < -0.3 is 19.8 Å². The molecule has 0 unspecified atom stereocenters. The smallest absolute Gasteiger partial charge is 0.407 e. The zero-order chi connectivity index (χ0) is 19.6. The third kappa shape index (κ3) is 3.95. The van der Waals surface area contributed by atoms with Crippen LogP contribution in [0.2, 0.25) is 0 Å². The summed E-state index contributed by atoms with van der Waals surface area (Å²) < 4.78 is 0. The Labute approximate surface area is 161 Å². The molecule has 6 heteroatoms. The molecule has 2 amide bonds. The molecule has 2 atom stereocenters. The molecular weight excluding hydrogens is 342 g/mol. The molecule has 1 heterocycles. The number of piperazine rings is 1. The molecule has 1 N–H and O–H groups in total. The SMILES string of the molecule is CCN1CCN(C(=O)[C@@H]2C[C@H](N(Cc3ccccc3)C(=O)O)C2(C)C)CC1. The number of hydrogen-bond donors (Lipinski definition) is 1. The third-order valence-corrected chi connectivity index (χ3v) is 6.46. The highest BCUT2D eigenvalue weighted by atomic mass is 16.4. The van der Waals surface area contributed by atoms with E-state index < -0.39 is 6.09 Å². The fourth-order valence-corrected chi connectivity index (χ4v) is 4.45. The Morgan fingerprint density at radius 3 is 2.30 bits per heavy atom. The average molecular weight is 373 g/mol. The average Bonchev–Trinajstić information content (AvgIpc) is 2.67. The van der Waals surface area contributed by atoms with Gasteiger partial charge in [0, 0.05) is 44.7 Å². The highest BCUT2D eigenvalue weighted by molar-refractivity contribution is 5.81. The summed E-state index contributed by atoms with van der Waals surface area (Å²) in [5.41, 5.74) is 0.618. The second kappa shape index (κ2) is 7.89. The van der Waals surface area contributed by atoms with Gasteiger partial charge in [-0.05, 0) is 23.9 Å². The molecule has 27 heavy (non-hydrogen) atoms. The van der Waals surface area contributed by atoms with E-state index in [1.165, 1.54) is 4.90 Å². The van der Waals surface area contributed by atoms with Crippen molar-refractivity contribution in [1.29, 1.82) is 0 Å². The molecule has 3 rings (SSSR count). The highest BCUT2D eigenvalue weighted by Gasteiger charge is 2.56. The zero-order valence-corrected chi connectivity index (χ0v) is 16.6. The Morgan fingerprint density at radius 2 is 1.78 bits per heavy atom. The summed E-state index contributed by atoms with van der Waals surface area (Å²) >= 11 is 0. The van der Waals surface area contributed by atoms with E-state index in [4.69, 9.17) is 0 Å². The number of likely N-dealkylation sites (N-methyl/N-ethyl adjacent to an activating group) is 1. The normalized spacial score (nSPS) is 24.9. The maximum Gasteiger partial charge on any atom is 0.407 e. The summed E-state index contributed by atoms with van der Waals surface area (Å²) in [6.45, 7) is 11.0. The molecule has 1 saturated heterocycles. The predicted octanol–water partition coefficient (Wildman–Crippen LogP) is 2.75. The van der Waals surface area contributed by atoms with E-state index in [1.54, 1.807) is 0 Å². The van der Waals surface area contributed by atoms with Gasteiger partial charge in [-0.2, -0.15) is 0 Å². The number of carbonyl (C=O) groups is 2. The van der Waals surface area contributed by atoms with E-state index >= 15 is 0 Å². The van der Waals surface area contributed by atoms with Crippen molar-refractivity contribution in [2.75, 3.05) is 32.7 Å². The number of carboxylic acid groups (broad SMARTS) is 1. The van der Waals surface area contributed by atoms with Crippen LogP contribution in [0.1, 0.15) is 32.8 Å². The standard InChI is InChI=1S/C21H31N3O3/c1-4-22-10-12-23(13-11-22)19(25)17-14-18(21(17,2)3)24(20(26)27)15-16-8-6-5-7-9-16/h5-9,17-18H,4,10-15H2,1-3H3,(H,26,27)/t17-,18-/m0/s1. The molecule has 148 valence electrons. The van der Waals surface area contributed by atoms with Crippen LogP contribution >= 0.6 is 0 Å². The van der Waals surface area contributed by atoms with Crippen molar-refractivity contribution in [2.24, 2.45) is 11.3 Å². The van der Waals surface area contributed by atoms with Gasteiger partial charge in [0.1, 0.15) is 0 Å². The monoisotopic (exact) mass is 373 g/mol. The lowest BCUT2D eigenvalue weighted by Crippen LogP contribution is -2.64. The second-order valence-corrected chi connectivity index (χ2v) is 8.28. The molecule has 0 spiro atoms. The van der Waals surface area contributed by atoms with Gasteiger partial charge in [0.2, 0.25) is 5.91 Å².